The van der Waals surface area contributed by atoms with E-state index in [1.807, 2.05) is 11.8 Å². The second-order valence-electron chi connectivity index (χ2n) is 4.48. The molecule has 0 bridgehead atoms. The van der Waals surface area contributed by atoms with Crippen molar-refractivity contribution in [2.75, 3.05) is 23.9 Å². The molecule has 2 heterocycles. The van der Waals surface area contributed by atoms with E-state index in [2.05, 4.69) is 45.4 Å². The highest BCUT2D eigenvalue weighted by Crippen LogP contribution is 2.31. The maximum Gasteiger partial charge on any atom is 0.224 e. The molecule has 0 aliphatic carbocycles. The van der Waals surface area contributed by atoms with E-state index in [1.165, 1.54) is 0 Å². The zero-order valence-corrected chi connectivity index (χ0v) is 12.3. The Morgan fingerprint density at radius 2 is 2.11 bits per heavy atom. The van der Waals surface area contributed by atoms with Crippen molar-refractivity contribution in [2.24, 2.45) is 0 Å². The van der Waals surface area contributed by atoms with Crippen molar-refractivity contribution in [3.05, 3.63) is 6.33 Å². The molecule has 7 heteroatoms. The Kier molecular flexibility index (Phi) is 4.14. The molecule has 0 spiro atoms. The first-order chi connectivity index (χ1) is 9.14. The summed E-state index contributed by atoms with van der Waals surface area (Å²) in [6.07, 6.45) is 5.95. The SMILES string of the molecule is CCC(CC)(CNc1nc(N)nc2nc[nH]c12)SC. The van der Waals surface area contributed by atoms with Crippen molar-refractivity contribution in [1.29, 1.82) is 0 Å². The van der Waals surface area contributed by atoms with Crippen molar-refractivity contribution in [2.45, 2.75) is 31.4 Å². The van der Waals surface area contributed by atoms with Crippen LogP contribution in [0, 0.1) is 0 Å². The summed E-state index contributed by atoms with van der Waals surface area (Å²) >= 11 is 1.89. The molecule has 0 amide bonds. The minimum absolute atomic E-state index is 0.214. The van der Waals surface area contributed by atoms with Gasteiger partial charge >= 0.3 is 0 Å². The number of imidazole rings is 1. The summed E-state index contributed by atoms with van der Waals surface area (Å²) in [5.41, 5.74) is 7.10. The standard InChI is InChI=1S/C12H20N6S/c1-4-12(5-2,19-3)6-14-9-8-10(16-7-15-8)18-11(13)17-9/h7H,4-6H2,1-3H3,(H4,13,14,15,16,17,18). The molecule has 0 radical (unpaired) electrons. The smallest absolute Gasteiger partial charge is 0.224 e. The van der Waals surface area contributed by atoms with Gasteiger partial charge in [0.05, 0.1) is 6.33 Å². The molecule has 6 nitrogen and oxygen atoms in total. The minimum atomic E-state index is 0.214. The molecule has 0 unspecified atom stereocenters. The van der Waals surface area contributed by atoms with Crippen LogP contribution in [-0.2, 0) is 0 Å². The summed E-state index contributed by atoms with van der Waals surface area (Å²) in [5.74, 6) is 0.963. The highest BCUT2D eigenvalue weighted by atomic mass is 32.2. The monoisotopic (exact) mass is 280 g/mol. The predicted octanol–water partition coefficient (Wildman–Crippen LogP) is 2.27. The maximum atomic E-state index is 5.70. The van der Waals surface area contributed by atoms with Crippen molar-refractivity contribution in [3.63, 3.8) is 0 Å². The van der Waals surface area contributed by atoms with Gasteiger partial charge in [0.2, 0.25) is 5.95 Å². The van der Waals surface area contributed by atoms with E-state index in [1.54, 1.807) is 6.33 Å². The van der Waals surface area contributed by atoms with Crippen LogP contribution in [0.2, 0.25) is 0 Å². The van der Waals surface area contributed by atoms with Crippen molar-refractivity contribution in [1.82, 2.24) is 19.9 Å². The average Bonchev–Trinajstić information content (AvgIpc) is 2.88. The Morgan fingerprint density at radius 3 is 2.74 bits per heavy atom. The van der Waals surface area contributed by atoms with Crippen LogP contribution in [0.5, 0.6) is 0 Å². The molecular formula is C12H20N6S. The van der Waals surface area contributed by atoms with Crippen molar-refractivity contribution < 1.29 is 0 Å². The summed E-state index contributed by atoms with van der Waals surface area (Å²) in [4.78, 5) is 15.5. The number of nitrogens with zero attached hydrogens (tertiary/aromatic N) is 3. The van der Waals surface area contributed by atoms with Crippen LogP contribution in [0.4, 0.5) is 11.8 Å². The van der Waals surface area contributed by atoms with E-state index in [-0.39, 0.29) is 10.7 Å². The van der Waals surface area contributed by atoms with Gasteiger partial charge in [-0.1, -0.05) is 13.8 Å². The van der Waals surface area contributed by atoms with Gasteiger partial charge in [0.1, 0.15) is 5.52 Å². The number of thioether (sulfide) groups is 1. The molecule has 0 saturated carbocycles. The highest BCUT2D eigenvalue weighted by Gasteiger charge is 2.25. The van der Waals surface area contributed by atoms with Crippen LogP contribution in [0.1, 0.15) is 26.7 Å². The second-order valence-corrected chi connectivity index (χ2v) is 5.75. The lowest BCUT2D eigenvalue weighted by Gasteiger charge is -2.30. The molecule has 0 atom stereocenters. The summed E-state index contributed by atoms with van der Waals surface area (Å²) in [6.45, 7) is 5.26. The fourth-order valence-corrected chi connectivity index (χ4v) is 2.88. The molecule has 104 valence electrons. The molecule has 2 aromatic heterocycles. The fourth-order valence-electron chi connectivity index (χ4n) is 2.08. The number of fused-ring (bicyclic) bond motifs is 1. The zero-order chi connectivity index (χ0) is 13.9. The van der Waals surface area contributed by atoms with Crippen LogP contribution >= 0.6 is 11.8 Å². The number of aromatic nitrogens is 4. The molecule has 0 aliphatic heterocycles. The summed E-state index contributed by atoms with van der Waals surface area (Å²) in [7, 11) is 0. The van der Waals surface area contributed by atoms with E-state index >= 15 is 0 Å². The van der Waals surface area contributed by atoms with Gasteiger partial charge in [-0.2, -0.15) is 21.7 Å². The number of anilines is 2. The van der Waals surface area contributed by atoms with Crippen molar-refractivity contribution >= 4 is 34.7 Å². The minimum Gasteiger partial charge on any atom is -0.368 e. The number of hydrogen-bond donors (Lipinski definition) is 3. The maximum absolute atomic E-state index is 5.70. The predicted molar refractivity (Wildman–Crippen MR) is 81.4 cm³/mol. The number of aromatic amines is 1. The van der Waals surface area contributed by atoms with E-state index in [0.29, 0.717) is 5.65 Å². The third-order valence-corrected chi connectivity index (χ3v) is 5.19. The lowest BCUT2D eigenvalue weighted by atomic mass is 10.0. The van der Waals surface area contributed by atoms with E-state index in [4.69, 9.17) is 5.73 Å². The lowest BCUT2D eigenvalue weighted by Crippen LogP contribution is -2.32. The van der Waals surface area contributed by atoms with Crippen LogP contribution in [-0.4, -0.2) is 37.5 Å². The summed E-state index contributed by atoms with van der Waals surface area (Å²) in [6, 6.07) is 0. The highest BCUT2D eigenvalue weighted by molar-refractivity contribution is 8.00. The van der Waals surface area contributed by atoms with Gasteiger partial charge in [-0.3, -0.25) is 0 Å². The van der Waals surface area contributed by atoms with E-state index in [9.17, 15) is 0 Å². The first kappa shape index (κ1) is 13.9. The third kappa shape index (κ3) is 2.75. The van der Waals surface area contributed by atoms with Gasteiger partial charge in [-0.05, 0) is 19.1 Å². The first-order valence-electron chi connectivity index (χ1n) is 6.39. The normalized spacial score (nSPS) is 11.9. The molecule has 0 saturated heterocycles. The quantitative estimate of drug-likeness (QED) is 0.751. The van der Waals surface area contributed by atoms with Crippen LogP contribution in [0.15, 0.2) is 6.33 Å². The number of rotatable bonds is 6. The molecule has 0 aromatic carbocycles. The Morgan fingerprint density at radius 1 is 1.37 bits per heavy atom. The Hall–Kier alpha value is -1.50. The van der Waals surface area contributed by atoms with Gasteiger partial charge in [0, 0.05) is 11.3 Å². The number of H-pyrrole nitrogens is 1. The summed E-state index contributed by atoms with van der Waals surface area (Å²) in [5, 5.41) is 3.39. The fraction of sp³-hybridized carbons (Fsp3) is 0.583. The lowest BCUT2D eigenvalue weighted by molar-refractivity contribution is 0.574. The van der Waals surface area contributed by atoms with Crippen LogP contribution in [0.3, 0.4) is 0 Å². The molecular weight excluding hydrogens is 260 g/mol. The van der Waals surface area contributed by atoms with Gasteiger partial charge < -0.3 is 16.0 Å². The van der Waals surface area contributed by atoms with Gasteiger partial charge in [-0.15, -0.1) is 0 Å². The van der Waals surface area contributed by atoms with E-state index in [0.717, 1.165) is 30.7 Å². The van der Waals surface area contributed by atoms with Crippen LogP contribution in [0.25, 0.3) is 11.2 Å². The number of nitrogens with one attached hydrogen (secondary N) is 2. The number of hydrogen-bond acceptors (Lipinski definition) is 6. The number of nitrogens with two attached hydrogens (primary N) is 1. The Balaban J connectivity index is 2.24. The Labute approximate surface area is 117 Å². The second kappa shape index (κ2) is 5.64. The Bertz CT molecular complexity index is 540. The zero-order valence-electron chi connectivity index (χ0n) is 11.5. The number of nitrogen functional groups attached to an aromatic ring is 1. The summed E-state index contributed by atoms with van der Waals surface area (Å²) < 4.78 is 0.214. The average molecular weight is 280 g/mol. The van der Waals surface area contributed by atoms with Gasteiger partial charge in [0.25, 0.3) is 0 Å². The molecule has 2 rings (SSSR count). The van der Waals surface area contributed by atoms with Crippen molar-refractivity contribution in [3.8, 4) is 0 Å². The first-order valence-corrected chi connectivity index (χ1v) is 7.62. The molecule has 4 N–H and O–H groups in total. The topological polar surface area (TPSA) is 92.5 Å². The van der Waals surface area contributed by atoms with E-state index < -0.39 is 0 Å². The molecule has 0 aliphatic rings. The van der Waals surface area contributed by atoms with Gasteiger partial charge in [0.15, 0.2) is 11.5 Å². The van der Waals surface area contributed by atoms with Crippen LogP contribution < -0.4 is 11.1 Å². The third-order valence-electron chi connectivity index (χ3n) is 3.60. The molecule has 2 aromatic rings. The molecule has 0 fully saturated rings. The van der Waals surface area contributed by atoms with Gasteiger partial charge in [-0.25, -0.2) is 4.98 Å². The molecule has 19 heavy (non-hydrogen) atoms. The largest absolute Gasteiger partial charge is 0.368 e.